The van der Waals surface area contributed by atoms with Gasteiger partial charge in [0.25, 0.3) is 11.5 Å². The molecule has 128 valence electrons. The van der Waals surface area contributed by atoms with Crippen molar-refractivity contribution in [1.29, 1.82) is 0 Å². The van der Waals surface area contributed by atoms with Gasteiger partial charge >= 0.3 is 6.18 Å². The van der Waals surface area contributed by atoms with E-state index in [4.69, 9.17) is 0 Å². The van der Waals surface area contributed by atoms with E-state index in [1.54, 1.807) is 0 Å². The highest BCUT2D eigenvalue weighted by atomic mass is 19.4. The second-order valence-electron chi connectivity index (χ2n) is 4.97. The van der Waals surface area contributed by atoms with Crippen LogP contribution in [0.25, 0.3) is 0 Å². The van der Waals surface area contributed by atoms with Crippen LogP contribution in [0.3, 0.4) is 0 Å². The number of nitrogens with one attached hydrogen (secondary N) is 2. The van der Waals surface area contributed by atoms with E-state index in [1.165, 1.54) is 18.3 Å². The molecule has 0 unspecified atom stereocenters. The Morgan fingerprint density at radius 2 is 1.71 bits per heavy atom. The minimum atomic E-state index is -5.17. The van der Waals surface area contributed by atoms with E-state index >= 15 is 0 Å². The first-order valence-electron chi connectivity index (χ1n) is 6.62. The molecule has 0 aliphatic heterocycles. The number of carbonyl (C=O) groups is 1. The van der Waals surface area contributed by atoms with Crippen LogP contribution in [-0.2, 0) is 0 Å². The van der Waals surface area contributed by atoms with Gasteiger partial charge in [0.15, 0.2) is 6.04 Å². The van der Waals surface area contributed by atoms with Crippen LogP contribution in [0.2, 0.25) is 0 Å². The first-order valence-corrected chi connectivity index (χ1v) is 6.62. The van der Waals surface area contributed by atoms with Gasteiger partial charge in [-0.25, -0.2) is 8.78 Å². The maximum absolute atomic E-state index is 13.7. The zero-order valence-corrected chi connectivity index (χ0v) is 12.2. The van der Waals surface area contributed by atoms with Crippen LogP contribution >= 0.6 is 0 Å². The van der Waals surface area contributed by atoms with Gasteiger partial charge in [0.1, 0.15) is 17.2 Å². The van der Waals surface area contributed by atoms with Crippen LogP contribution in [0, 0.1) is 18.6 Å². The van der Waals surface area contributed by atoms with Crippen LogP contribution < -0.4 is 10.9 Å². The summed E-state index contributed by atoms with van der Waals surface area (Å²) in [6.07, 6.45) is -5.17. The first-order chi connectivity index (χ1) is 11.1. The molecule has 1 amide bonds. The highest BCUT2D eigenvalue weighted by Gasteiger charge is 2.45. The van der Waals surface area contributed by atoms with Crippen LogP contribution in [0.15, 0.2) is 35.1 Å². The molecule has 24 heavy (non-hydrogen) atoms. The van der Waals surface area contributed by atoms with Crippen LogP contribution in [-0.4, -0.2) is 17.1 Å². The molecule has 1 aromatic carbocycles. The lowest BCUT2D eigenvalue weighted by molar-refractivity contribution is -0.156. The van der Waals surface area contributed by atoms with Crippen molar-refractivity contribution in [2.75, 3.05) is 0 Å². The Morgan fingerprint density at radius 1 is 1.12 bits per heavy atom. The molecule has 1 heterocycles. The molecule has 0 radical (unpaired) electrons. The lowest BCUT2D eigenvalue weighted by Gasteiger charge is -2.22. The Bertz CT molecular complexity index is 809. The second-order valence-corrected chi connectivity index (χ2v) is 4.97. The summed E-state index contributed by atoms with van der Waals surface area (Å²) >= 11 is 0. The number of aryl methyl sites for hydroxylation is 1. The molecule has 1 atom stereocenters. The Morgan fingerprint density at radius 3 is 2.21 bits per heavy atom. The average molecular weight is 346 g/mol. The van der Waals surface area contributed by atoms with E-state index in [1.807, 2.05) is 0 Å². The number of benzene rings is 1. The molecule has 0 aliphatic carbocycles. The summed E-state index contributed by atoms with van der Waals surface area (Å²) in [6.45, 7) is 1.51. The number of carbonyl (C=O) groups excluding carboxylic acids is 1. The van der Waals surface area contributed by atoms with E-state index in [0.29, 0.717) is 17.8 Å². The molecule has 9 heteroatoms. The Kier molecular flexibility index (Phi) is 4.72. The number of aromatic amines is 1. The number of amides is 1. The molecule has 4 nitrogen and oxygen atoms in total. The number of hydrogen-bond donors (Lipinski definition) is 2. The van der Waals surface area contributed by atoms with Crippen LogP contribution in [0.4, 0.5) is 22.0 Å². The summed E-state index contributed by atoms with van der Waals surface area (Å²) in [5, 5.41) is 1.47. The third kappa shape index (κ3) is 3.61. The normalized spacial score (nSPS) is 12.8. The second kappa shape index (κ2) is 6.42. The van der Waals surface area contributed by atoms with E-state index in [-0.39, 0.29) is 0 Å². The molecule has 0 bridgehead atoms. The third-order valence-corrected chi connectivity index (χ3v) is 3.19. The number of alkyl halides is 3. The van der Waals surface area contributed by atoms with E-state index in [9.17, 15) is 31.5 Å². The van der Waals surface area contributed by atoms with Gasteiger partial charge < -0.3 is 10.3 Å². The predicted molar refractivity (Wildman–Crippen MR) is 74.4 cm³/mol. The fourth-order valence-corrected chi connectivity index (χ4v) is 2.06. The standard InChI is InChI=1S/C15H11F5N2O2/c1-7-5-6-8(13(23)21-7)14(24)22-12(15(18,19)20)11-9(16)3-2-4-10(11)17/h2-6,12H,1H3,(H,21,23)(H,22,24)/t12-/m1/s1. The van der Waals surface area contributed by atoms with Crippen molar-refractivity contribution >= 4 is 5.91 Å². The number of hydrogen-bond acceptors (Lipinski definition) is 2. The monoisotopic (exact) mass is 346 g/mol. The quantitative estimate of drug-likeness (QED) is 0.840. The van der Waals surface area contributed by atoms with Crippen molar-refractivity contribution in [3.8, 4) is 0 Å². The summed E-state index contributed by atoms with van der Waals surface area (Å²) in [5.41, 5.74) is -2.47. The van der Waals surface area contributed by atoms with E-state index in [0.717, 1.165) is 12.1 Å². The highest BCUT2D eigenvalue weighted by Crippen LogP contribution is 2.35. The van der Waals surface area contributed by atoms with E-state index < -0.39 is 46.4 Å². The molecule has 0 aliphatic rings. The van der Waals surface area contributed by atoms with Crippen molar-refractivity contribution in [3.05, 3.63) is 69.1 Å². The molecule has 2 rings (SSSR count). The number of rotatable bonds is 3. The van der Waals surface area contributed by atoms with Crippen molar-refractivity contribution in [2.45, 2.75) is 19.1 Å². The van der Waals surface area contributed by atoms with Crippen LogP contribution in [0.1, 0.15) is 27.7 Å². The smallest absolute Gasteiger partial charge is 0.336 e. The van der Waals surface area contributed by atoms with Crippen molar-refractivity contribution in [2.24, 2.45) is 0 Å². The molecule has 0 spiro atoms. The summed E-state index contributed by atoms with van der Waals surface area (Å²) in [6, 6.07) is 1.57. The van der Waals surface area contributed by atoms with Gasteiger partial charge in [-0.1, -0.05) is 6.07 Å². The Balaban J connectivity index is 2.44. The molecular weight excluding hydrogens is 335 g/mol. The molecule has 0 saturated heterocycles. The average Bonchev–Trinajstić information content (AvgIpc) is 2.44. The van der Waals surface area contributed by atoms with Crippen molar-refractivity contribution < 1.29 is 26.7 Å². The Hall–Kier alpha value is -2.71. The third-order valence-electron chi connectivity index (χ3n) is 3.19. The zero-order chi connectivity index (χ0) is 18.1. The summed E-state index contributed by atoms with van der Waals surface area (Å²) in [5.74, 6) is -4.33. The van der Waals surface area contributed by atoms with Crippen molar-refractivity contribution in [3.63, 3.8) is 0 Å². The number of aromatic nitrogens is 1. The maximum atomic E-state index is 13.7. The number of H-pyrrole nitrogens is 1. The SMILES string of the molecule is Cc1ccc(C(=O)N[C@H](c2c(F)cccc2F)C(F)(F)F)c(=O)[nH]1. The highest BCUT2D eigenvalue weighted by molar-refractivity contribution is 5.94. The molecule has 2 N–H and O–H groups in total. The summed E-state index contributed by atoms with van der Waals surface area (Å²) in [4.78, 5) is 25.8. The van der Waals surface area contributed by atoms with Gasteiger partial charge in [-0.3, -0.25) is 9.59 Å². The van der Waals surface area contributed by atoms with E-state index in [2.05, 4.69) is 4.98 Å². The van der Waals surface area contributed by atoms with Crippen molar-refractivity contribution in [1.82, 2.24) is 10.3 Å². The number of pyridine rings is 1. The minimum Gasteiger partial charge on any atom is -0.336 e. The van der Waals surface area contributed by atoms with Gasteiger partial charge in [0, 0.05) is 5.69 Å². The summed E-state index contributed by atoms with van der Waals surface area (Å²) < 4.78 is 66.8. The van der Waals surface area contributed by atoms with Gasteiger partial charge in [-0.05, 0) is 31.2 Å². The van der Waals surface area contributed by atoms with Gasteiger partial charge in [0.2, 0.25) is 0 Å². The van der Waals surface area contributed by atoms with Gasteiger partial charge in [0.05, 0.1) is 5.56 Å². The molecule has 0 fully saturated rings. The fraction of sp³-hybridized carbons (Fsp3) is 0.200. The first kappa shape index (κ1) is 17.6. The predicted octanol–water partition coefficient (Wildman–Crippen LogP) is 2.99. The van der Waals surface area contributed by atoms with Gasteiger partial charge in [-0.2, -0.15) is 13.2 Å². The van der Waals surface area contributed by atoms with Crippen LogP contribution in [0.5, 0.6) is 0 Å². The minimum absolute atomic E-state index is 0.393. The molecule has 1 aromatic heterocycles. The Labute approximate surface area is 132 Å². The lowest BCUT2D eigenvalue weighted by atomic mass is 10.0. The summed E-state index contributed by atoms with van der Waals surface area (Å²) in [7, 11) is 0. The zero-order valence-electron chi connectivity index (χ0n) is 12.2. The maximum Gasteiger partial charge on any atom is 0.413 e. The molecule has 2 aromatic rings. The van der Waals surface area contributed by atoms with Gasteiger partial charge in [-0.15, -0.1) is 0 Å². The molecule has 0 saturated carbocycles. The largest absolute Gasteiger partial charge is 0.413 e. The fourth-order valence-electron chi connectivity index (χ4n) is 2.06. The molecular formula is C15H11F5N2O2. The topological polar surface area (TPSA) is 62.0 Å². The number of halogens is 5. The lowest BCUT2D eigenvalue weighted by Crippen LogP contribution is -2.41.